The molecule has 0 aliphatic carbocycles. The molecule has 2 N–H and O–H groups in total. The smallest absolute Gasteiger partial charge is 0.212 e. The zero-order chi connectivity index (χ0) is 18.8. The van der Waals surface area contributed by atoms with Crippen LogP contribution in [0.2, 0.25) is 0 Å². The molecule has 27 heavy (non-hydrogen) atoms. The van der Waals surface area contributed by atoms with Crippen molar-refractivity contribution in [2.24, 2.45) is 4.99 Å². The summed E-state index contributed by atoms with van der Waals surface area (Å²) in [6, 6.07) is 5.82. The van der Waals surface area contributed by atoms with Gasteiger partial charge in [0.25, 0.3) is 0 Å². The van der Waals surface area contributed by atoms with E-state index in [9.17, 15) is 0 Å². The number of methoxy groups -OCH3 is 1. The molecule has 0 unspecified atom stereocenters. The molecule has 2 aromatic rings. The summed E-state index contributed by atoms with van der Waals surface area (Å²) in [5.74, 6) is 2.59. The molecule has 0 bridgehead atoms. The van der Waals surface area contributed by atoms with Crippen molar-refractivity contribution < 1.29 is 9.26 Å². The standard InChI is InChI=1S/C19H29N5O2.HI/c1-5-15(6-2)17-10-16(26-24-17)13-23-19(20-7-3)22-12-14-8-9-18(25-4)21-11-14;/h8-11,15H,5-7,12-13H2,1-4H3,(H2,20,22,23);1H. The van der Waals surface area contributed by atoms with Gasteiger partial charge in [0.1, 0.15) is 0 Å². The summed E-state index contributed by atoms with van der Waals surface area (Å²) in [6.07, 6.45) is 3.90. The van der Waals surface area contributed by atoms with Gasteiger partial charge in [-0.3, -0.25) is 0 Å². The first-order valence-electron chi connectivity index (χ1n) is 9.16. The summed E-state index contributed by atoms with van der Waals surface area (Å²) in [5, 5.41) is 10.7. The maximum atomic E-state index is 5.45. The van der Waals surface area contributed by atoms with Crippen molar-refractivity contribution >= 4 is 29.9 Å². The molecule has 2 rings (SSSR count). The van der Waals surface area contributed by atoms with E-state index >= 15 is 0 Å². The summed E-state index contributed by atoms with van der Waals surface area (Å²) in [5.41, 5.74) is 2.04. The van der Waals surface area contributed by atoms with Crippen LogP contribution in [0.4, 0.5) is 0 Å². The molecule has 7 nitrogen and oxygen atoms in total. The number of nitrogens with zero attached hydrogens (tertiary/aromatic N) is 3. The van der Waals surface area contributed by atoms with Crippen LogP contribution in [0.15, 0.2) is 33.9 Å². The fraction of sp³-hybridized carbons (Fsp3) is 0.526. The highest BCUT2D eigenvalue weighted by molar-refractivity contribution is 14.0. The third-order valence-electron chi connectivity index (χ3n) is 4.18. The lowest BCUT2D eigenvalue weighted by atomic mass is 9.99. The maximum absolute atomic E-state index is 5.45. The van der Waals surface area contributed by atoms with E-state index in [-0.39, 0.29) is 24.0 Å². The Bertz CT molecular complexity index is 684. The summed E-state index contributed by atoms with van der Waals surface area (Å²) in [4.78, 5) is 8.77. The van der Waals surface area contributed by atoms with Gasteiger partial charge in [-0.25, -0.2) is 9.98 Å². The van der Waals surface area contributed by atoms with Crippen molar-refractivity contribution in [3.63, 3.8) is 0 Å². The Kier molecular flexibility index (Phi) is 10.8. The van der Waals surface area contributed by atoms with Gasteiger partial charge in [-0.05, 0) is 25.3 Å². The highest BCUT2D eigenvalue weighted by Gasteiger charge is 2.13. The second kappa shape index (κ2) is 12.5. The molecular formula is C19H30IN5O2. The fourth-order valence-electron chi connectivity index (χ4n) is 2.62. The van der Waals surface area contributed by atoms with Gasteiger partial charge in [-0.1, -0.05) is 25.1 Å². The van der Waals surface area contributed by atoms with Crippen molar-refractivity contribution in [1.29, 1.82) is 0 Å². The molecule has 0 aliphatic heterocycles. The number of hydrogen-bond donors (Lipinski definition) is 2. The maximum Gasteiger partial charge on any atom is 0.212 e. The largest absolute Gasteiger partial charge is 0.481 e. The Labute approximate surface area is 178 Å². The Morgan fingerprint density at radius 2 is 2.00 bits per heavy atom. The van der Waals surface area contributed by atoms with Crippen molar-refractivity contribution in [3.8, 4) is 5.88 Å². The van der Waals surface area contributed by atoms with Crippen LogP contribution in [0, 0.1) is 0 Å². The van der Waals surface area contributed by atoms with E-state index in [4.69, 9.17) is 9.26 Å². The van der Waals surface area contributed by atoms with Gasteiger partial charge in [0.05, 0.1) is 25.9 Å². The first-order valence-corrected chi connectivity index (χ1v) is 9.16. The Hall–Kier alpha value is -1.84. The van der Waals surface area contributed by atoms with Crippen molar-refractivity contribution in [3.05, 3.63) is 41.4 Å². The van der Waals surface area contributed by atoms with Gasteiger partial charge in [0, 0.05) is 30.8 Å². The molecule has 150 valence electrons. The van der Waals surface area contributed by atoms with Gasteiger partial charge in [0.15, 0.2) is 11.7 Å². The summed E-state index contributed by atoms with van der Waals surface area (Å²) in [7, 11) is 1.60. The molecule has 2 heterocycles. The van der Waals surface area contributed by atoms with Crippen molar-refractivity contribution in [2.75, 3.05) is 13.7 Å². The normalized spacial score (nSPS) is 11.2. The van der Waals surface area contributed by atoms with E-state index in [0.717, 1.165) is 42.4 Å². The van der Waals surface area contributed by atoms with E-state index in [1.54, 1.807) is 13.3 Å². The third kappa shape index (κ3) is 7.36. The van der Waals surface area contributed by atoms with E-state index in [1.807, 2.05) is 25.1 Å². The monoisotopic (exact) mass is 487 g/mol. The summed E-state index contributed by atoms with van der Waals surface area (Å²) >= 11 is 0. The SMILES string of the molecule is CCNC(=NCc1ccc(OC)nc1)NCc1cc(C(CC)CC)no1.I. The Morgan fingerprint density at radius 1 is 1.22 bits per heavy atom. The number of nitrogens with one attached hydrogen (secondary N) is 2. The summed E-state index contributed by atoms with van der Waals surface area (Å²) in [6.45, 7) is 8.23. The van der Waals surface area contributed by atoms with Crippen molar-refractivity contribution in [2.45, 2.75) is 52.6 Å². The first-order chi connectivity index (χ1) is 12.7. The average molecular weight is 487 g/mol. The van der Waals surface area contributed by atoms with Crippen LogP contribution in [-0.2, 0) is 13.1 Å². The van der Waals surface area contributed by atoms with Gasteiger partial charge >= 0.3 is 0 Å². The number of rotatable bonds is 9. The molecule has 0 fully saturated rings. The van der Waals surface area contributed by atoms with Crippen LogP contribution in [-0.4, -0.2) is 29.8 Å². The van der Waals surface area contributed by atoms with Crippen LogP contribution in [0.1, 0.15) is 56.5 Å². The lowest BCUT2D eigenvalue weighted by molar-refractivity contribution is 0.368. The van der Waals surface area contributed by atoms with Crippen molar-refractivity contribution in [1.82, 2.24) is 20.8 Å². The minimum absolute atomic E-state index is 0. The van der Waals surface area contributed by atoms with Crippen LogP contribution in [0.5, 0.6) is 5.88 Å². The van der Waals surface area contributed by atoms with Gasteiger partial charge < -0.3 is 19.9 Å². The molecule has 0 saturated carbocycles. The zero-order valence-electron chi connectivity index (χ0n) is 16.5. The molecule has 0 atom stereocenters. The van der Waals surface area contributed by atoms with Crippen LogP contribution in [0.25, 0.3) is 0 Å². The molecule has 0 saturated heterocycles. The number of aromatic nitrogens is 2. The molecular weight excluding hydrogens is 457 g/mol. The average Bonchev–Trinajstić information content (AvgIpc) is 3.14. The number of pyridine rings is 1. The fourth-order valence-corrected chi connectivity index (χ4v) is 2.62. The third-order valence-corrected chi connectivity index (χ3v) is 4.18. The second-order valence-corrected chi connectivity index (χ2v) is 5.99. The Morgan fingerprint density at radius 3 is 2.59 bits per heavy atom. The molecule has 0 aliphatic rings. The molecule has 0 radical (unpaired) electrons. The highest BCUT2D eigenvalue weighted by Crippen LogP contribution is 2.22. The number of guanidine groups is 1. The topological polar surface area (TPSA) is 84.6 Å². The van der Waals surface area contributed by atoms with E-state index in [0.29, 0.717) is 24.9 Å². The summed E-state index contributed by atoms with van der Waals surface area (Å²) < 4.78 is 10.5. The highest BCUT2D eigenvalue weighted by atomic mass is 127. The second-order valence-electron chi connectivity index (χ2n) is 5.99. The predicted molar refractivity (Wildman–Crippen MR) is 118 cm³/mol. The number of halogens is 1. The number of aliphatic imine (C=N–C) groups is 1. The Balaban J connectivity index is 0.00000364. The first kappa shape index (κ1) is 23.2. The molecule has 8 heteroatoms. The minimum Gasteiger partial charge on any atom is -0.481 e. The number of hydrogen-bond acceptors (Lipinski definition) is 5. The lowest BCUT2D eigenvalue weighted by Crippen LogP contribution is -2.36. The van der Waals surface area contributed by atoms with Gasteiger partial charge in [-0.15, -0.1) is 24.0 Å². The molecule has 0 amide bonds. The molecule has 0 aromatic carbocycles. The molecule has 0 spiro atoms. The van der Waals surface area contributed by atoms with Crippen LogP contribution < -0.4 is 15.4 Å². The predicted octanol–water partition coefficient (Wildman–Crippen LogP) is 3.86. The van der Waals surface area contributed by atoms with Gasteiger partial charge in [-0.2, -0.15) is 0 Å². The van der Waals surface area contributed by atoms with E-state index in [1.165, 1.54) is 0 Å². The number of ether oxygens (including phenoxy) is 1. The van der Waals surface area contributed by atoms with Crippen LogP contribution in [0.3, 0.4) is 0 Å². The quantitative estimate of drug-likeness (QED) is 0.318. The van der Waals surface area contributed by atoms with E-state index in [2.05, 4.69) is 39.6 Å². The lowest BCUT2D eigenvalue weighted by Gasteiger charge is -2.10. The molecule has 2 aromatic heterocycles. The van der Waals surface area contributed by atoms with Gasteiger partial charge in [0.2, 0.25) is 5.88 Å². The van der Waals surface area contributed by atoms with Crippen LogP contribution >= 0.6 is 24.0 Å². The zero-order valence-corrected chi connectivity index (χ0v) is 18.8. The van der Waals surface area contributed by atoms with E-state index < -0.39 is 0 Å². The minimum atomic E-state index is 0.